The van der Waals surface area contributed by atoms with E-state index < -0.39 is 0 Å². The second-order valence-electron chi connectivity index (χ2n) is 7.45. The Hall–Kier alpha value is -1.88. The number of rotatable bonds is 5. The number of hydrogen-bond donors (Lipinski definition) is 1. The van der Waals surface area contributed by atoms with Crippen LogP contribution >= 0.6 is 0 Å². The third-order valence-corrected chi connectivity index (χ3v) is 5.69. The first-order valence-electron chi connectivity index (χ1n) is 9.38. The fraction of sp³-hybridized carbons (Fsp3) is 0.600. The highest BCUT2D eigenvalue weighted by Gasteiger charge is 2.33. The molecule has 0 bridgehead atoms. The Morgan fingerprint density at radius 1 is 1.16 bits per heavy atom. The van der Waals surface area contributed by atoms with E-state index in [2.05, 4.69) is 40.5 Å². The summed E-state index contributed by atoms with van der Waals surface area (Å²) in [5.74, 6) is 0.705. The number of amides is 2. The molecule has 2 aliphatic heterocycles. The lowest BCUT2D eigenvalue weighted by Gasteiger charge is -2.35. The van der Waals surface area contributed by atoms with Gasteiger partial charge in [-0.25, -0.2) is 0 Å². The van der Waals surface area contributed by atoms with E-state index in [9.17, 15) is 9.59 Å². The van der Waals surface area contributed by atoms with E-state index in [1.807, 2.05) is 6.92 Å². The minimum atomic E-state index is -0.337. The molecule has 2 unspecified atom stereocenters. The van der Waals surface area contributed by atoms with Gasteiger partial charge >= 0.3 is 0 Å². The Bertz CT molecular complexity index is 596. The molecular weight excluding hydrogens is 314 g/mol. The van der Waals surface area contributed by atoms with E-state index in [4.69, 9.17) is 0 Å². The summed E-state index contributed by atoms with van der Waals surface area (Å²) in [5.41, 5.74) is 1.40. The molecule has 2 aliphatic rings. The lowest BCUT2D eigenvalue weighted by Crippen LogP contribution is -2.52. The van der Waals surface area contributed by atoms with E-state index in [0.717, 1.165) is 38.9 Å². The van der Waals surface area contributed by atoms with E-state index in [1.54, 1.807) is 11.9 Å². The largest absolute Gasteiger partial charge is 0.344 e. The van der Waals surface area contributed by atoms with Crippen LogP contribution in [-0.2, 0) is 16.0 Å². The Labute approximate surface area is 150 Å². The van der Waals surface area contributed by atoms with Gasteiger partial charge in [0.05, 0.1) is 6.04 Å². The number of carbonyl (C=O) groups is 2. The van der Waals surface area contributed by atoms with Crippen LogP contribution in [0.2, 0.25) is 0 Å². The molecular formula is C20H29N3O2. The maximum atomic E-state index is 12.5. The molecule has 0 spiro atoms. The Balaban J connectivity index is 1.45. The molecule has 0 saturated carbocycles. The third-order valence-electron chi connectivity index (χ3n) is 5.69. The van der Waals surface area contributed by atoms with Gasteiger partial charge in [-0.05, 0) is 57.2 Å². The minimum Gasteiger partial charge on any atom is -0.344 e. The summed E-state index contributed by atoms with van der Waals surface area (Å²) in [5, 5.41) is 2.94. The highest BCUT2D eigenvalue weighted by Crippen LogP contribution is 2.23. The molecule has 0 aromatic heterocycles. The SMILES string of the molecule is CC(C(=O)NC1CCN(C)C1=O)N1CCC(Cc2ccccc2)CC1. The predicted octanol–water partition coefficient (Wildman–Crippen LogP) is 1.68. The van der Waals surface area contributed by atoms with Crippen LogP contribution in [0.3, 0.4) is 0 Å². The van der Waals surface area contributed by atoms with Gasteiger partial charge in [0.25, 0.3) is 0 Å². The summed E-state index contributed by atoms with van der Waals surface area (Å²) in [6, 6.07) is 10.1. The summed E-state index contributed by atoms with van der Waals surface area (Å²) in [6.07, 6.45) is 4.08. The summed E-state index contributed by atoms with van der Waals surface area (Å²) in [4.78, 5) is 28.4. The van der Waals surface area contributed by atoms with Crippen LogP contribution in [0.4, 0.5) is 0 Å². The summed E-state index contributed by atoms with van der Waals surface area (Å²) >= 11 is 0. The van der Waals surface area contributed by atoms with Crippen molar-refractivity contribution in [2.45, 2.75) is 44.7 Å². The highest BCUT2D eigenvalue weighted by atomic mass is 16.2. The van der Waals surface area contributed by atoms with Gasteiger partial charge in [0, 0.05) is 13.6 Å². The van der Waals surface area contributed by atoms with Crippen molar-refractivity contribution in [3.8, 4) is 0 Å². The highest BCUT2D eigenvalue weighted by molar-refractivity contribution is 5.90. The number of benzene rings is 1. The molecule has 1 aromatic rings. The topological polar surface area (TPSA) is 52.7 Å². The van der Waals surface area contributed by atoms with Crippen molar-refractivity contribution in [1.82, 2.24) is 15.1 Å². The van der Waals surface area contributed by atoms with Crippen molar-refractivity contribution in [2.24, 2.45) is 5.92 Å². The number of likely N-dealkylation sites (tertiary alicyclic amines) is 2. The Morgan fingerprint density at radius 2 is 1.84 bits per heavy atom. The zero-order valence-electron chi connectivity index (χ0n) is 15.3. The van der Waals surface area contributed by atoms with E-state index in [-0.39, 0.29) is 23.9 Å². The van der Waals surface area contributed by atoms with Gasteiger partial charge in [-0.2, -0.15) is 0 Å². The maximum absolute atomic E-state index is 12.5. The molecule has 5 nitrogen and oxygen atoms in total. The van der Waals surface area contributed by atoms with E-state index >= 15 is 0 Å². The minimum absolute atomic E-state index is 0.0184. The maximum Gasteiger partial charge on any atom is 0.244 e. The van der Waals surface area contributed by atoms with Crippen molar-refractivity contribution in [3.05, 3.63) is 35.9 Å². The molecule has 2 atom stereocenters. The van der Waals surface area contributed by atoms with Crippen LogP contribution < -0.4 is 5.32 Å². The molecule has 2 saturated heterocycles. The first-order valence-corrected chi connectivity index (χ1v) is 9.38. The molecule has 5 heteroatoms. The smallest absolute Gasteiger partial charge is 0.244 e. The van der Waals surface area contributed by atoms with Gasteiger partial charge in [0.2, 0.25) is 11.8 Å². The average molecular weight is 343 g/mol. The summed E-state index contributed by atoms with van der Waals surface area (Å²) in [7, 11) is 1.79. The van der Waals surface area contributed by atoms with Crippen molar-refractivity contribution in [1.29, 1.82) is 0 Å². The molecule has 25 heavy (non-hydrogen) atoms. The summed E-state index contributed by atoms with van der Waals surface area (Å²) < 4.78 is 0. The Morgan fingerprint density at radius 3 is 2.44 bits per heavy atom. The second kappa shape index (κ2) is 8.00. The van der Waals surface area contributed by atoms with Crippen molar-refractivity contribution >= 4 is 11.8 Å². The van der Waals surface area contributed by atoms with E-state index in [0.29, 0.717) is 12.3 Å². The fourth-order valence-electron chi connectivity index (χ4n) is 3.91. The van der Waals surface area contributed by atoms with Crippen LogP contribution in [0.25, 0.3) is 0 Å². The number of hydrogen-bond acceptors (Lipinski definition) is 3. The first-order chi connectivity index (χ1) is 12.0. The number of nitrogens with zero attached hydrogens (tertiary/aromatic N) is 2. The molecule has 0 radical (unpaired) electrons. The second-order valence-corrected chi connectivity index (χ2v) is 7.45. The fourth-order valence-corrected chi connectivity index (χ4v) is 3.91. The van der Waals surface area contributed by atoms with E-state index in [1.165, 1.54) is 5.56 Å². The molecule has 136 valence electrons. The van der Waals surface area contributed by atoms with Gasteiger partial charge in [-0.15, -0.1) is 0 Å². The zero-order chi connectivity index (χ0) is 17.8. The molecule has 2 heterocycles. The van der Waals surface area contributed by atoms with Gasteiger partial charge in [0.15, 0.2) is 0 Å². The molecule has 2 amide bonds. The molecule has 2 fully saturated rings. The normalized spacial score (nSPS) is 23.7. The van der Waals surface area contributed by atoms with Crippen LogP contribution in [0.1, 0.15) is 31.7 Å². The van der Waals surface area contributed by atoms with Gasteiger partial charge in [-0.1, -0.05) is 30.3 Å². The monoisotopic (exact) mass is 343 g/mol. The zero-order valence-corrected chi connectivity index (χ0v) is 15.3. The molecule has 3 rings (SSSR count). The van der Waals surface area contributed by atoms with Crippen molar-refractivity contribution in [3.63, 3.8) is 0 Å². The molecule has 0 aliphatic carbocycles. The van der Waals surface area contributed by atoms with Crippen LogP contribution in [0, 0.1) is 5.92 Å². The van der Waals surface area contributed by atoms with Crippen molar-refractivity contribution < 1.29 is 9.59 Å². The lowest BCUT2D eigenvalue weighted by molar-refractivity contribution is -0.133. The van der Waals surface area contributed by atoms with Crippen LogP contribution in [0.5, 0.6) is 0 Å². The van der Waals surface area contributed by atoms with Crippen molar-refractivity contribution in [2.75, 3.05) is 26.7 Å². The number of nitrogens with one attached hydrogen (secondary N) is 1. The van der Waals surface area contributed by atoms with Gasteiger partial charge in [-0.3, -0.25) is 14.5 Å². The van der Waals surface area contributed by atoms with Crippen LogP contribution in [0.15, 0.2) is 30.3 Å². The predicted molar refractivity (Wildman–Crippen MR) is 98.1 cm³/mol. The quantitative estimate of drug-likeness (QED) is 0.885. The lowest BCUT2D eigenvalue weighted by atomic mass is 9.89. The Kier molecular flexibility index (Phi) is 5.74. The van der Waals surface area contributed by atoms with Gasteiger partial charge < -0.3 is 10.2 Å². The molecule has 1 aromatic carbocycles. The van der Waals surface area contributed by atoms with Gasteiger partial charge in [0.1, 0.15) is 6.04 Å². The third kappa shape index (κ3) is 4.40. The number of likely N-dealkylation sites (N-methyl/N-ethyl adjacent to an activating group) is 1. The standard InChI is InChI=1S/C20H29N3O2/c1-15(19(24)21-18-10-11-22(2)20(18)25)23-12-8-17(9-13-23)14-16-6-4-3-5-7-16/h3-7,15,17-18H,8-14H2,1-2H3,(H,21,24). The van der Waals surface area contributed by atoms with Crippen LogP contribution in [-0.4, -0.2) is 60.4 Å². The average Bonchev–Trinajstić information content (AvgIpc) is 2.94. The summed E-state index contributed by atoms with van der Waals surface area (Å²) in [6.45, 7) is 4.58. The molecule has 1 N–H and O–H groups in total. The number of carbonyl (C=O) groups excluding carboxylic acids is 2. The first kappa shape index (κ1) is 17.9. The number of piperidine rings is 1.